The van der Waals surface area contributed by atoms with E-state index in [0.29, 0.717) is 42.6 Å². The summed E-state index contributed by atoms with van der Waals surface area (Å²) in [6.45, 7) is 10.5. The van der Waals surface area contributed by atoms with Crippen LogP contribution in [0.4, 0.5) is 44.6 Å². The van der Waals surface area contributed by atoms with Crippen molar-refractivity contribution in [3.63, 3.8) is 0 Å². The number of likely N-dealkylation sites (N-methyl/N-ethyl adjacent to an activating group) is 3. The number of carbonyl (C=O) groups excluding carboxylic acids is 5. The molecule has 0 unspecified atom stereocenters. The summed E-state index contributed by atoms with van der Waals surface area (Å²) in [4.78, 5) is 83.7. The van der Waals surface area contributed by atoms with Crippen LogP contribution < -0.4 is 24.2 Å². The second kappa shape index (κ2) is 32.9. The first kappa shape index (κ1) is 68.9. The summed E-state index contributed by atoms with van der Waals surface area (Å²) in [6, 6.07) is 77.4. The molecule has 3 saturated heterocycles. The van der Waals surface area contributed by atoms with Gasteiger partial charge in [0.25, 0.3) is 17.7 Å². The Morgan fingerprint density at radius 2 is 0.847 bits per heavy atom. The highest BCUT2D eigenvalue weighted by Gasteiger charge is 2.41. The predicted molar refractivity (Wildman–Crippen MR) is 388 cm³/mol. The van der Waals surface area contributed by atoms with E-state index in [1.165, 1.54) is 14.7 Å². The van der Waals surface area contributed by atoms with E-state index in [4.69, 9.17) is 23.8 Å². The highest BCUT2D eigenvalue weighted by Crippen LogP contribution is 2.38. The van der Waals surface area contributed by atoms with E-state index in [0.717, 1.165) is 67.2 Å². The molecule has 0 aliphatic carbocycles. The van der Waals surface area contributed by atoms with Crippen LogP contribution in [-0.2, 0) is 28.7 Å². The Morgan fingerprint density at radius 1 is 0.469 bits per heavy atom. The molecule has 3 fully saturated rings. The summed E-state index contributed by atoms with van der Waals surface area (Å²) in [5, 5.41) is 3.80. The number of amidine groups is 2. The van der Waals surface area contributed by atoms with Crippen molar-refractivity contribution in [2.45, 2.75) is 45.6 Å². The molecule has 98 heavy (non-hydrogen) atoms. The lowest BCUT2D eigenvalue weighted by Crippen LogP contribution is -2.32. The monoisotopic (exact) mass is 1330 g/mol. The Kier molecular flexibility index (Phi) is 23.2. The Hall–Kier alpha value is -12.0. The van der Waals surface area contributed by atoms with Crippen molar-refractivity contribution >= 4 is 112 Å². The average molecular weight is 1330 g/mol. The van der Waals surface area contributed by atoms with Crippen LogP contribution in [-0.4, -0.2) is 103 Å². The first-order valence-electron chi connectivity index (χ1n) is 31.8. The van der Waals surface area contributed by atoms with Crippen molar-refractivity contribution in [2.75, 3.05) is 54.8 Å². The van der Waals surface area contributed by atoms with Gasteiger partial charge in [-0.25, -0.2) is 14.6 Å². The van der Waals surface area contributed by atoms with Gasteiger partial charge in [0.2, 0.25) is 0 Å². The maximum Gasteiger partial charge on any atom is 0.365 e. The molecule has 0 atom stereocenters. The lowest BCUT2D eigenvalue weighted by molar-refractivity contribution is -0.123. The number of methoxy groups -OCH3 is 2. The third-order valence-corrected chi connectivity index (χ3v) is 16.2. The van der Waals surface area contributed by atoms with Gasteiger partial charge in [0, 0.05) is 64.7 Å². The summed E-state index contributed by atoms with van der Waals surface area (Å²) in [5.74, 6) is 0.500. The molecule has 19 heteroatoms. The molecule has 0 spiro atoms. The van der Waals surface area contributed by atoms with Crippen LogP contribution in [0.25, 0.3) is 18.2 Å². The van der Waals surface area contributed by atoms with Gasteiger partial charge in [-0.15, -0.1) is 11.8 Å². The van der Waals surface area contributed by atoms with Crippen LogP contribution in [0.2, 0.25) is 0 Å². The maximum absolute atomic E-state index is 12.9. The van der Waals surface area contributed by atoms with Gasteiger partial charge in [-0.3, -0.25) is 34.0 Å². The summed E-state index contributed by atoms with van der Waals surface area (Å²) in [5.41, 5.74) is 9.89. The van der Waals surface area contributed by atoms with E-state index in [-0.39, 0.29) is 47.3 Å². The molecular formula is C79H74N8O10S. The van der Waals surface area contributed by atoms with Crippen molar-refractivity contribution < 1.29 is 47.8 Å². The van der Waals surface area contributed by atoms with Crippen LogP contribution in [0.3, 0.4) is 0 Å². The lowest BCUT2D eigenvalue weighted by Gasteiger charge is -2.26. The minimum absolute atomic E-state index is 0.0300. The number of urea groups is 1. The molecule has 496 valence electrons. The van der Waals surface area contributed by atoms with Crippen molar-refractivity contribution in [1.82, 2.24) is 14.7 Å². The van der Waals surface area contributed by atoms with Gasteiger partial charge >= 0.3 is 24.0 Å². The number of para-hydroxylation sites is 3. The second-order valence-electron chi connectivity index (χ2n) is 22.2. The van der Waals surface area contributed by atoms with Gasteiger partial charge < -0.3 is 33.6 Å². The number of rotatable bonds is 19. The number of oxime groups is 1. The number of aliphatic imine (C=N–C) groups is 1. The smallest absolute Gasteiger partial charge is 0.365 e. The quantitative estimate of drug-likeness (QED) is 0.0246. The molecule has 3 aliphatic heterocycles. The zero-order chi connectivity index (χ0) is 69.1. The third-order valence-electron chi connectivity index (χ3n) is 15.5. The zero-order valence-electron chi connectivity index (χ0n) is 55.6. The molecule has 3 heterocycles. The summed E-state index contributed by atoms with van der Waals surface area (Å²) < 4.78 is 22.1. The number of hydrogen-bond donors (Lipinski definition) is 0. The van der Waals surface area contributed by atoms with Crippen molar-refractivity contribution in [3.05, 3.63) is 282 Å². The van der Waals surface area contributed by atoms with Gasteiger partial charge in [-0.2, -0.15) is 0 Å². The largest absolute Gasteiger partial charge is 0.497 e. The fourth-order valence-corrected chi connectivity index (χ4v) is 11.0. The average Bonchev–Trinajstić information content (AvgIpc) is 1.63. The van der Waals surface area contributed by atoms with Crippen LogP contribution in [0.5, 0.6) is 11.5 Å². The zero-order valence-corrected chi connectivity index (χ0v) is 56.4. The van der Waals surface area contributed by atoms with E-state index in [2.05, 4.69) is 44.2 Å². The van der Waals surface area contributed by atoms with Crippen molar-refractivity contribution in [3.8, 4) is 11.5 Å². The van der Waals surface area contributed by atoms with Crippen LogP contribution in [0.15, 0.2) is 275 Å². The number of nitrogens with zero attached hydrogens (tertiary/aromatic N) is 8. The van der Waals surface area contributed by atoms with Gasteiger partial charge in [-0.05, 0) is 214 Å². The summed E-state index contributed by atoms with van der Waals surface area (Å²) in [7, 11) is 3.30. The number of amides is 5. The number of ether oxygens (including phenoxy) is 4. The second-order valence-corrected chi connectivity index (χ2v) is 23.1. The molecule has 12 rings (SSSR count). The topological polar surface area (TPSA) is 176 Å². The predicted octanol–water partition coefficient (Wildman–Crippen LogP) is 16.9. The molecule has 9 aromatic carbocycles. The minimum Gasteiger partial charge on any atom is -0.497 e. The van der Waals surface area contributed by atoms with Crippen molar-refractivity contribution in [1.29, 1.82) is 0 Å². The van der Waals surface area contributed by atoms with Gasteiger partial charge in [0.1, 0.15) is 17.2 Å². The van der Waals surface area contributed by atoms with Gasteiger partial charge in [-0.1, -0.05) is 109 Å². The molecule has 5 amide bonds. The molecule has 0 bridgehead atoms. The fourth-order valence-electron chi connectivity index (χ4n) is 10.6. The normalized spacial score (nSPS) is 15.5. The van der Waals surface area contributed by atoms with E-state index >= 15 is 0 Å². The highest BCUT2D eigenvalue weighted by molar-refractivity contribution is 7.98. The molecule has 0 aromatic heterocycles. The number of thioether (sulfide) groups is 1. The van der Waals surface area contributed by atoms with Crippen LogP contribution in [0.1, 0.15) is 61.7 Å². The van der Waals surface area contributed by atoms with E-state index in [9.17, 15) is 24.0 Å². The SMILES string of the molecule is CCN1C(=O)/C(=C\c2ccc(N(c3ccc(OC)cc3)c3ccc(OC)cc3)cc2)OC1=NC(C)C.CCN1C(=O)/C(=C\c2ccc(N(c3ccccc3)c3ccccc3)cc2)OC1=NOC(=O)c1ccccc1.CCN1C(=O)/C(=C\c2ccc(SC)cc2)N(c2ccccc2)C1=O. The van der Waals surface area contributed by atoms with Gasteiger partial charge in [0.05, 0.1) is 25.5 Å². The first-order chi connectivity index (χ1) is 47.7. The van der Waals surface area contributed by atoms with Crippen LogP contribution in [0, 0.1) is 0 Å². The van der Waals surface area contributed by atoms with E-state index in [1.807, 2.05) is 215 Å². The summed E-state index contributed by atoms with van der Waals surface area (Å²) >= 11 is 1.66. The minimum atomic E-state index is -0.639. The van der Waals surface area contributed by atoms with Crippen molar-refractivity contribution in [2.24, 2.45) is 10.1 Å². The van der Waals surface area contributed by atoms with E-state index in [1.54, 1.807) is 93.3 Å². The summed E-state index contributed by atoms with van der Waals surface area (Å²) in [6.07, 6.45) is 7.18. The van der Waals surface area contributed by atoms with Gasteiger partial charge in [0.15, 0.2) is 11.5 Å². The number of benzene rings is 9. The molecular weight excluding hydrogens is 1250 g/mol. The fraction of sp³-hybridized carbons (Fsp3) is 0.152. The van der Waals surface area contributed by atoms with E-state index < -0.39 is 5.97 Å². The molecule has 3 aliphatic rings. The molecule has 0 N–H and O–H groups in total. The molecule has 0 radical (unpaired) electrons. The maximum atomic E-state index is 12.9. The Balaban J connectivity index is 0.000000163. The van der Waals surface area contributed by atoms with Crippen LogP contribution >= 0.6 is 11.8 Å². The molecule has 0 saturated carbocycles. The molecule has 18 nitrogen and oxygen atoms in total. The number of carbonyl (C=O) groups is 5. The Morgan fingerprint density at radius 3 is 1.27 bits per heavy atom. The number of hydrogen-bond acceptors (Lipinski definition) is 15. The third kappa shape index (κ3) is 16.6. The Bertz CT molecular complexity index is 4300. The number of imide groups is 1. The molecule has 9 aromatic rings. The first-order valence-corrected chi connectivity index (χ1v) is 33.1. The standard InChI is InChI=1S/C31H25N3O4.C29H31N3O4.C19H18N2O2S/c1-2-33-29(35)28(37-31(33)32-38-30(36)24-12-6-3-7-13-24)22-23-18-20-27(21-19-23)34(25-14-8-4-9-15-25)26-16-10-5-11-17-26;1-6-31-28(33)27(36-29(31)30-20(2)3)19-21-7-9-22(10-8-21)32(23-11-15-25(34-4)16-12-23)24-13-17-26(35-5)18-14-24;1-3-20-18(22)17(13-14-9-11-16(24-2)12-10-14)21(19(20)23)15-7-5-4-6-8-15/h3-22H,2H2,1H3;7-20H,6H2,1-5H3;4-13H,3H2,1-2H3/b28-22+,32-31?;27-19+,30-29?;17-13+. The number of anilines is 7. The highest BCUT2D eigenvalue weighted by atomic mass is 32.2. The Labute approximate surface area is 575 Å². The lowest BCUT2D eigenvalue weighted by atomic mass is 10.1.